The molecule has 11 nitrogen and oxygen atoms in total. The Labute approximate surface area is 141 Å². The number of benzene rings is 1. The summed E-state index contributed by atoms with van der Waals surface area (Å²) in [7, 11) is 0. The second-order valence-electron chi connectivity index (χ2n) is 5.43. The molecule has 25 heavy (non-hydrogen) atoms. The van der Waals surface area contributed by atoms with Gasteiger partial charge in [-0.05, 0) is 17.9 Å². The third kappa shape index (κ3) is 4.07. The van der Waals surface area contributed by atoms with Gasteiger partial charge >= 0.3 is 5.82 Å². The van der Waals surface area contributed by atoms with E-state index in [0.717, 1.165) is 18.2 Å². The van der Waals surface area contributed by atoms with Crippen molar-refractivity contribution < 1.29 is 19.7 Å². The number of non-ortho nitro benzene ring substituents is 1. The number of rotatable bonds is 6. The number of hydrogen-bond donors (Lipinski definition) is 2. The number of aryl methyl sites for hydroxylation is 1. The largest absolute Gasteiger partial charge is 0.506 e. The number of nitro groups is 2. The minimum absolute atomic E-state index is 0.0706. The summed E-state index contributed by atoms with van der Waals surface area (Å²) in [5.74, 6) is -1.80. The normalized spacial score (nSPS) is 11.8. The van der Waals surface area contributed by atoms with Crippen molar-refractivity contribution in [1.82, 2.24) is 9.78 Å². The lowest BCUT2D eigenvalue weighted by atomic mass is 10.1. The molecule has 0 aliphatic rings. The van der Waals surface area contributed by atoms with Gasteiger partial charge in [0.15, 0.2) is 0 Å². The predicted octanol–water partition coefficient (Wildman–Crippen LogP) is 1.99. The molecule has 2 N–H and O–H groups in total. The zero-order valence-electron chi connectivity index (χ0n) is 13.4. The van der Waals surface area contributed by atoms with Crippen molar-refractivity contribution in [2.24, 2.45) is 5.92 Å². The Morgan fingerprint density at radius 1 is 1.32 bits per heavy atom. The number of anilines is 1. The predicted molar refractivity (Wildman–Crippen MR) is 86.2 cm³/mol. The van der Waals surface area contributed by atoms with Gasteiger partial charge in [-0.25, -0.2) is 0 Å². The highest BCUT2D eigenvalue weighted by Crippen LogP contribution is 2.28. The molecular weight excluding hydrogens is 334 g/mol. The maximum Gasteiger partial charge on any atom is 0.390 e. The number of amides is 1. The van der Waals surface area contributed by atoms with Crippen LogP contribution in [0.25, 0.3) is 0 Å². The molecular formula is C14H15N5O6. The SMILES string of the molecule is Cc1cc([N+](=O)[O-])nn1CC(C)C(=O)Nc1cc([N+](=O)[O-])ccc1O. The summed E-state index contributed by atoms with van der Waals surface area (Å²) in [5.41, 5.74) is 0.151. The molecule has 1 amide bonds. The molecule has 0 spiro atoms. The monoisotopic (exact) mass is 349 g/mol. The first-order valence-corrected chi connectivity index (χ1v) is 7.16. The Morgan fingerprint density at radius 2 is 2.00 bits per heavy atom. The average molecular weight is 349 g/mol. The van der Waals surface area contributed by atoms with Crippen molar-refractivity contribution in [3.05, 3.63) is 50.2 Å². The van der Waals surface area contributed by atoms with E-state index in [-0.39, 0.29) is 29.5 Å². The van der Waals surface area contributed by atoms with Crippen molar-refractivity contribution in [1.29, 1.82) is 0 Å². The van der Waals surface area contributed by atoms with Gasteiger partial charge in [0, 0.05) is 12.1 Å². The molecule has 132 valence electrons. The quantitative estimate of drug-likeness (QED) is 0.459. The van der Waals surface area contributed by atoms with E-state index in [4.69, 9.17) is 0 Å². The van der Waals surface area contributed by atoms with Crippen molar-refractivity contribution in [2.75, 3.05) is 5.32 Å². The smallest absolute Gasteiger partial charge is 0.390 e. The maximum atomic E-state index is 12.2. The lowest BCUT2D eigenvalue weighted by molar-refractivity contribution is -0.389. The molecule has 0 radical (unpaired) electrons. The fraction of sp³-hybridized carbons (Fsp3) is 0.286. The number of aromatic nitrogens is 2. The zero-order valence-corrected chi connectivity index (χ0v) is 13.4. The number of hydrogen-bond acceptors (Lipinski definition) is 7. The summed E-state index contributed by atoms with van der Waals surface area (Å²) < 4.78 is 1.33. The number of nitrogens with zero attached hydrogens (tertiary/aromatic N) is 4. The number of phenols is 1. The van der Waals surface area contributed by atoms with Crippen LogP contribution in [0.3, 0.4) is 0 Å². The third-order valence-electron chi connectivity index (χ3n) is 3.50. The Balaban J connectivity index is 2.12. The van der Waals surface area contributed by atoms with E-state index in [1.807, 2.05) is 0 Å². The summed E-state index contributed by atoms with van der Waals surface area (Å²) >= 11 is 0. The molecule has 0 saturated carbocycles. The van der Waals surface area contributed by atoms with Crippen LogP contribution in [0.2, 0.25) is 0 Å². The first-order valence-electron chi connectivity index (χ1n) is 7.16. The summed E-state index contributed by atoms with van der Waals surface area (Å²) in [6.07, 6.45) is 0. The highest BCUT2D eigenvalue weighted by molar-refractivity contribution is 5.94. The van der Waals surface area contributed by atoms with Crippen LogP contribution in [-0.2, 0) is 11.3 Å². The van der Waals surface area contributed by atoms with Crippen LogP contribution in [0, 0.1) is 33.1 Å². The lowest BCUT2D eigenvalue weighted by Crippen LogP contribution is -2.25. The second kappa shape index (κ2) is 6.95. The number of carbonyl (C=O) groups is 1. The summed E-state index contributed by atoms with van der Waals surface area (Å²) in [6.45, 7) is 3.26. The number of aromatic hydroxyl groups is 1. The highest BCUT2D eigenvalue weighted by atomic mass is 16.6. The summed E-state index contributed by atoms with van der Waals surface area (Å²) in [4.78, 5) is 32.4. The van der Waals surface area contributed by atoms with E-state index in [1.165, 1.54) is 10.7 Å². The van der Waals surface area contributed by atoms with Crippen LogP contribution in [0.5, 0.6) is 5.75 Å². The summed E-state index contributed by atoms with van der Waals surface area (Å²) in [5, 5.41) is 37.4. The van der Waals surface area contributed by atoms with Crippen molar-refractivity contribution >= 4 is 23.1 Å². The van der Waals surface area contributed by atoms with Crippen LogP contribution in [0.15, 0.2) is 24.3 Å². The van der Waals surface area contributed by atoms with Crippen molar-refractivity contribution in [2.45, 2.75) is 20.4 Å². The van der Waals surface area contributed by atoms with Gasteiger partial charge in [0.2, 0.25) is 5.91 Å². The molecule has 0 saturated heterocycles. The highest BCUT2D eigenvalue weighted by Gasteiger charge is 2.22. The fourth-order valence-electron chi connectivity index (χ4n) is 2.10. The van der Waals surface area contributed by atoms with Gasteiger partial charge in [-0.1, -0.05) is 6.92 Å². The van der Waals surface area contributed by atoms with Gasteiger partial charge in [-0.3, -0.25) is 14.9 Å². The molecule has 1 heterocycles. The molecule has 1 atom stereocenters. The van der Waals surface area contributed by atoms with Gasteiger partial charge in [0.25, 0.3) is 5.69 Å². The lowest BCUT2D eigenvalue weighted by Gasteiger charge is -2.12. The molecule has 1 unspecified atom stereocenters. The first-order chi connectivity index (χ1) is 11.7. The minimum atomic E-state index is -0.656. The van der Waals surface area contributed by atoms with E-state index in [1.54, 1.807) is 13.8 Å². The van der Waals surface area contributed by atoms with Gasteiger partial charge < -0.3 is 20.5 Å². The van der Waals surface area contributed by atoms with E-state index < -0.39 is 21.7 Å². The van der Waals surface area contributed by atoms with Crippen LogP contribution >= 0.6 is 0 Å². The van der Waals surface area contributed by atoms with Gasteiger partial charge in [-0.2, -0.15) is 4.68 Å². The zero-order chi connectivity index (χ0) is 18.7. The van der Waals surface area contributed by atoms with Crippen molar-refractivity contribution in [3.63, 3.8) is 0 Å². The number of carbonyl (C=O) groups excluding carboxylic acids is 1. The number of nitrogens with one attached hydrogen (secondary N) is 1. The standard InChI is InChI=1S/C14H15N5O6/c1-8(7-17-9(2)5-13(16-17)19(24)25)14(21)15-11-6-10(18(22)23)3-4-12(11)20/h3-6,8,20H,7H2,1-2H3,(H,15,21). The van der Waals surface area contributed by atoms with Gasteiger partial charge in [0.05, 0.1) is 39.9 Å². The molecule has 0 fully saturated rings. The second-order valence-corrected chi connectivity index (χ2v) is 5.43. The fourth-order valence-corrected chi connectivity index (χ4v) is 2.10. The van der Waals surface area contributed by atoms with E-state index in [9.17, 15) is 30.1 Å². The molecule has 0 bridgehead atoms. The summed E-state index contributed by atoms with van der Waals surface area (Å²) in [6, 6.07) is 4.56. The van der Waals surface area contributed by atoms with Crippen LogP contribution < -0.4 is 5.32 Å². The van der Waals surface area contributed by atoms with E-state index >= 15 is 0 Å². The Bertz CT molecular complexity index is 846. The Hall–Kier alpha value is -3.50. The molecule has 1 aromatic carbocycles. The van der Waals surface area contributed by atoms with E-state index in [2.05, 4.69) is 10.4 Å². The molecule has 0 aliphatic carbocycles. The molecule has 11 heteroatoms. The first kappa shape index (κ1) is 17.8. The van der Waals surface area contributed by atoms with Gasteiger partial charge in [0.1, 0.15) is 5.75 Å². The Kier molecular flexibility index (Phi) is 4.96. The van der Waals surface area contributed by atoms with Crippen molar-refractivity contribution in [3.8, 4) is 5.75 Å². The molecule has 0 aliphatic heterocycles. The van der Waals surface area contributed by atoms with Crippen LogP contribution in [0.4, 0.5) is 17.2 Å². The van der Waals surface area contributed by atoms with Gasteiger partial charge in [-0.15, -0.1) is 0 Å². The minimum Gasteiger partial charge on any atom is -0.506 e. The third-order valence-corrected chi connectivity index (χ3v) is 3.50. The average Bonchev–Trinajstić information content (AvgIpc) is 2.90. The van der Waals surface area contributed by atoms with E-state index in [0.29, 0.717) is 5.69 Å². The maximum absolute atomic E-state index is 12.2. The molecule has 2 aromatic rings. The molecule has 1 aromatic heterocycles. The molecule has 2 rings (SSSR count). The van der Waals surface area contributed by atoms with Crippen LogP contribution in [-0.4, -0.2) is 30.6 Å². The number of phenolic OH excluding ortho intramolecular Hbond substituents is 1. The topological polar surface area (TPSA) is 153 Å². The number of nitro benzene ring substituents is 1. The van der Waals surface area contributed by atoms with Crippen LogP contribution in [0.1, 0.15) is 12.6 Å². The Morgan fingerprint density at radius 3 is 2.56 bits per heavy atom.